The second kappa shape index (κ2) is 5.83. The zero-order valence-electron chi connectivity index (χ0n) is 10.4. The van der Waals surface area contributed by atoms with Gasteiger partial charge in [-0.1, -0.05) is 41.3 Å². The molecule has 0 bridgehead atoms. The third kappa shape index (κ3) is 3.51. The highest BCUT2D eigenvalue weighted by atomic mass is 79.9. The predicted octanol–water partition coefficient (Wildman–Crippen LogP) is 5.08. The molecule has 1 fully saturated rings. The van der Waals surface area contributed by atoms with Crippen molar-refractivity contribution in [1.29, 1.82) is 0 Å². The second-order valence-electron chi connectivity index (χ2n) is 5.08. The van der Waals surface area contributed by atoms with Crippen LogP contribution in [0.25, 0.3) is 0 Å². The Bertz CT molecular complexity index is 439. The fourth-order valence-corrected chi connectivity index (χ4v) is 3.14. The van der Waals surface area contributed by atoms with Gasteiger partial charge < -0.3 is 5.11 Å². The van der Waals surface area contributed by atoms with Crippen LogP contribution in [-0.2, 0) is 6.18 Å². The van der Waals surface area contributed by atoms with Gasteiger partial charge in [0.05, 0.1) is 11.7 Å². The molecule has 0 saturated heterocycles. The molecule has 5 heteroatoms. The molecule has 1 atom stereocenters. The third-order valence-corrected chi connectivity index (χ3v) is 4.43. The number of aliphatic hydroxyl groups excluding tert-OH is 1. The van der Waals surface area contributed by atoms with E-state index in [9.17, 15) is 18.3 Å². The minimum atomic E-state index is -4.40. The van der Waals surface area contributed by atoms with Gasteiger partial charge in [0.15, 0.2) is 0 Å². The molecule has 1 nitrogen and oxygen atoms in total. The first-order chi connectivity index (χ1) is 8.89. The van der Waals surface area contributed by atoms with E-state index in [1.54, 1.807) is 6.07 Å². The molecule has 19 heavy (non-hydrogen) atoms. The summed E-state index contributed by atoms with van der Waals surface area (Å²) in [5, 5.41) is 10.2. The lowest BCUT2D eigenvalue weighted by atomic mass is 9.82. The first kappa shape index (κ1) is 14.9. The Balaban J connectivity index is 2.24. The van der Waals surface area contributed by atoms with E-state index >= 15 is 0 Å². The molecule has 1 aromatic rings. The van der Waals surface area contributed by atoms with E-state index in [0.717, 1.165) is 38.2 Å². The van der Waals surface area contributed by atoms with Crippen LogP contribution in [0.5, 0.6) is 0 Å². The van der Waals surface area contributed by atoms with Gasteiger partial charge in [0.25, 0.3) is 0 Å². The molecule has 1 aromatic carbocycles. The van der Waals surface area contributed by atoms with Gasteiger partial charge in [-0.15, -0.1) is 0 Å². The van der Waals surface area contributed by atoms with Crippen LogP contribution < -0.4 is 0 Å². The van der Waals surface area contributed by atoms with Crippen molar-refractivity contribution in [2.45, 2.75) is 44.4 Å². The van der Waals surface area contributed by atoms with E-state index in [1.807, 2.05) is 0 Å². The quantitative estimate of drug-likeness (QED) is 0.798. The number of alkyl halides is 3. The molecule has 1 aliphatic carbocycles. The van der Waals surface area contributed by atoms with Crippen molar-refractivity contribution >= 4 is 15.9 Å². The lowest BCUT2D eigenvalue weighted by Crippen LogP contribution is -2.17. The van der Waals surface area contributed by atoms with Gasteiger partial charge in [-0.2, -0.15) is 13.2 Å². The number of hydrogen-bond donors (Lipinski definition) is 1. The largest absolute Gasteiger partial charge is 0.417 e. The van der Waals surface area contributed by atoms with Crippen molar-refractivity contribution in [3.63, 3.8) is 0 Å². The van der Waals surface area contributed by atoms with Crippen molar-refractivity contribution in [2.75, 3.05) is 0 Å². The van der Waals surface area contributed by atoms with Crippen molar-refractivity contribution in [2.24, 2.45) is 5.92 Å². The predicted molar refractivity (Wildman–Crippen MR) is 70.7 cm³/mol. The molecule has 2 rings (SSSR count). The number of aliphatic hydroxyl groups is 1. The standard InChI is InChI=1S/C14H16BrF3O/c15-12-7-6-10(8-11(12)14(16,17)18)13(19)9-4-2-1-3-5-9/h6-9,13,19H,1-5H2. The number of benzene rings is 1. The van der Waals surface area contributed by atoms with Gasteiger partial charge in [-0.25, -0.2) is 0 Å². The molecule has 0 amide bonds. The van der Waals surface area contributed by atoms with E-state index < -0.39 is 17.8 Å². The van der Waals surface area contributed by atoms with Gasteiger partial charge in [0, 0.05) is 4.47 Å². The molecule has 0 aliphatic heterocycles. The summed E-state index contributed by atoms with van der Waals surface area (Å²) in [5.41, 5.74) is -0.359. The number of halogens is 4. The van der Waals surface area contributed by atoms with Crippen molar-refractivity contribution in [1.82, 2.24) is 0 Å². The summed E-state index contributed by atoms with van der Waals surface area (Å²) >= 11 is 2.91. The fourth-order valence-electron chi connectivity index (χ4n) is 2.67. The minimum Gasteiger partial charge on any atom is -0.388 e. The lowest BCUT2D eigenvalue weighted by molar-refractivity contribution is -0.138. The average molecular weight is 337 g/mol. The van der Waals surface area contributed by atoms with Crippen LogP contribution in [-0.4, -0.2) is 5.11 Å². The molecule has 1 N–H and O–H groups in total. The molecular formula is C14H16BrF3O. The first-order valence-corrected chi connectivity index (χ1v) is 7.23. The molecule has 0 aromatic heterocycles. The summed E-state index contributed by atoms with van der Waals surface area (Å²) in [4.78, 5) is 0. The van der Waals surface area contributed by atoms with Crippen molar-refractivity contribution in [3.8, 4) is 0 Å². The minimum absolute atomic E-state index is 0.0135. The Morgan fingerprint density at radius 1 is 1.16 bits per heavy atom. The van der Waals surface area contributed by atoms with Gasteiger partial charge in [0.1, 0.15) is 0 Å². The van der Waals surface area contributed by atoms with Crippen LogP contribution in [0, 0.1) is 5.92 Å². The first-order valence-electron chi connectivity index (χ1n) is 6.44. The lowest BCUT2D eigenvalue weighted by Gasteiger charge is -2.27. The maximum absolute atomic E-state index is 12.8. The summed E-state index contributed by atoms with van der Waals surface area (Å²) in [6.07, 6.45) is -0.181. The molecule has 0 spiro atoms. The van der Waals surface area contributed by atoms with Crippen molar-refractivity contribution < 1.29 is 18.3 Å². The smallest absolute Gasteiger partial charge is 0.388 e. The molecule has 1 aliphatic rings. The Hall–Kier alpha value is -0.550. The second-order valence-corrected chi connectivity index (χ2v) is 5.93. The normalized spacial score (nSPS) is 19.4. The van der Waals surface area contributed by atoms with Gasteiger partial charge in [-0.05, 0) is 36.5 Å². The van der Waals surface area contributed by atoms with E-state index in [4.69, 9.17) is 0 Å². The highest BCUT2D eigenvalue weighted by Gasteiger charge is 2.34. The highest BCUT2D eigenvalue weighted by Crippen LogP contribution is 2.39. The summed E-state index contributed by atoms with van der Waals surface area (Å²) in [6, 6.07) is 3.99. The maximum atomic E-state index is 12.8. The fraction of sp³-hybridized carbons (Fsp3) is 0.571. The van der Waals surface area contributed by atoms with E-state index in [-0.39, 0.29) is 10.4 Å². The van der Waals surface area contributed by atoms with Gasteiger partial charge in [-0.3, -0.25) is 0 Å². The Morgan fingerprint density at radius 3 is 2.37 bits per heavy atom. The summed E-state index contributed by atoms with van der Waals surface area (Å²) < 4.78 is 38.5. The Kier molecular flexibility index (Phi) is 4.56. The Labute approximate surface area is 119 Å². The van der Waals surface area contributed by atoms with Gasteiger partial charge >= 0.3 is 6.18 Å². The topological polar surface area (TPSA) is 20.2 Å². The Morgan fingerprint density at radius 2 is 1.79 bits per heavy atom. The molecule has 0 radical (unpaired) electrons. The van der Waals surface area contributed by atoms with Crippen LogP contribution >= 0.6 is 15.9 Å². The monoisotopic (exact) mass is 336 g/mol. The summed E-state index contributed by atoms with van der Waals surface area (Å²) in [5.74, 6) is 0.0796. The summed E-state index contributed by atoms with van der Waals surface area (Å²) in [7, 11) is 0. The van der Waals surface area contributed by atoms with Crippen LogP contribution in [0.4, 0.5) is 13.2 Å². The van der Waals surface area contributed by atoms with E-state index in [2.05, 4.69) is 15.9 Å². The molecule has 106 valence electrons. The molecule has 1 unspecified atom stereocenters. The van der Waals surface area contributed by atoms with Crippen LogP contribution in [0.3, 0.4) is 0 Å². The third-order valence-electron chi connectivity index (χ3n) is 3.73. The van der Waals surface area contributed by atoms with Crippen LogP contribution in [0.2, 0.25) is 0 Å². The molecule has 1 saturated carbocycles. The number of rotatable bonds is 2. The van der Waals surface area contributed by atoms with E-state index in [1.165, 1.54) is 6.07 Å². The zero-order valence-corrected chi connectivity index (χ0v) is 12.0. The zero-order chi connectivity index (χ0) is 14.0. The van der Waals surface area contributed by atoms with Crippen LogP contribution in [0.15, 0.2) is 22.7 Å². The average Bonchev–Trinajstić information content (AvgIpc) is 2.38. The van der Waals surface area contributed by atoms with Crippen molar-refractivity contribution in [3.05, 3.63) is 33.8 Å². The SMILES string of the molecule is OC(c1ccc(Br)c(C(F)(F)F)c1)C1CCCCC1. The highest BCUT2D eigenvalue weighted by molar-refractivity contribution is 9.10. The maximum Gasteiger partial charge on any atom is 0.417 e. The molecule has 0 heterocycles. The van der Waals surface area contributed by atoms with Gasteiger partial charge in [0.2, 0.25) is 0 Å². The molecular weight excluding hydrogens is 321 g/mol. The summed E-state index contributed by atoms with van der Waals surface area (Å²) in [6.45, 7) is 0. The van der Waals surface area contributed by atoms with E-state index in [0.29, 0.717) is 5.56 Å². The van der Waals surface area contributed by atoms with Crippen LogP contribution in [0.1, 0.15) is 49.3 Å². The number of hydrogen-bond acceptors (Lipinski definition) is 1.